The van der Waals surface area contributed by atoms with Crippen molar-refractivity contribution in [2.45, 2.75) is 30.8 Å². The fourth-order valence-electron chi connectivity index (χ4n) is 4.01. The van der Waals surface area contributed by atoms with Crippen molar-refractivity contribution in [1.29, 1.82) is 5.26 Å². The topological polar surface area (TPSA) is 72.3 Å². The van der Waals surface area contributed by atoms with Crippen LogP contribution in [0, 0.1) is 11.3 Å². The van der Waals surface area contributed by atoms with Gasteiger partial charge < -0.3 is 10.2 Å². The molecule has 2 atom stereocenters. The fraction of sp³-hybridized carbons (Fsp3) is 0.450. The van der Waals surface area contributed by atoms with Crippen molar-refractivity contribution in [3.63, 3.8) is 0 Å². The summed E-state index contributed by atoms with van der Waals surface area (Å²) in [5, 5.41) is 13.6. The first-order chi connectivity index (χ1) is 13.4. The third-order valence-electron chi connectivity index (χ3n) is 5.38. The molecule has 0 aliphatic carbocycles. The van der Waals surface area contributed by atoms with Gasteiger partial charge in [0.1, 0.15) is 6.04 Å². The largest absolute Gasteiger partial charge is 0.380 e. The zero-order chi connectivity index (χ0) is 19.7. The number of aromatic nitrogens is 1. The van der Waals surface area contributed by atoms with Crippen LogP contribution in [-0.4, -0.2) is 64.9 Å². The Morgan fingerprint density at radius 2 is 2.18 bits per heavy atom. The Kier molecular flexibility index (Phi) is 4.85. The Labute approximate surface area is 161 Å². The molecule has 2 aliphatic rings. The number of nitrogens with zero attached hydrogens (tertiary/aromatic N) is 4. The SMILES string of the molecule is N#CC1CC(F)(F)CN1C(=O)CN1CCC(Nc2ccnc3ccccc23)C1. The number of pyridine rings is 1. The molecule has 2 saturated heterocycles. The van der Waals surface area contributed by atoms with Crippen molar-refractivity contribution in [3.8, 4) is 6.07 Å². The molecule has 2 fully saturated rings. The second kappa shape index (κ2) is 7.32. The molecule has 2 aromatic rings. The molecule has 0 bridgehead atoms. The minimum absolute atomic E-state index is 0.0591. The van der Waals surface area contributed by atoms with E-state index in [1.807, 2.05) is 41.3 Å². The second-order valence-electron chi connectivity index (χ2n) is 7.47. The first-order valence-electron chi connectivity index (χ1n) is 9.35. The first kappa shape index (κ1) is 18.6. The predicted molar refractivity (Wildman–Crippen MR) is 101 cm³/mol. The molecule has 1 N–H and O–H groups in total. The van der Waals surface area contributed by atoms with Gasteiger partial charge in [0.15, 0.2) is 0 Å². The van der Waals surface area contributed by atoms with Gasteiger partial charge >= 0.3 is 0 Å². The second-order valence-corrected chi connectivity index (χ2v) is 7.47. The van der Waals surface area contributed by atoms with E-state index >= 15 is 0 Å². The average Bonchev–Trinajstić information content (AvgIpc) is 3.25. The highest BCUT2D eigenvalue weighted by Gasteiger charge is 2.47. The minimum atomic E-state index is -2.98. The lowest BCUT2D eigenvalue weighted by molar-refractivity contribution is -0.133. The summed E-state index contributed by atoms with van der Waals surface area (Å²) < 4.78 is 27.1. The monoisotopic (exact) mass is 385 g/mol. The van der Waals surface area contributed by atoms with Gasteiger partial charge in [-0.15, -0.1) is 0 Å². The molecule has 6 nitrogen and oxygen atoms in total. The number of hydrogen-bond acceptors (Lipinski definition) is 5. The number of halogens is 2. The Balaban J connectivity index is 1.37. The zero-order valence-electron chi connectivity index (χ0n) is 15.3. The molecule has 0 saturated carbocycles. The van der Waals surface area contributed by atoms with E-state index < -0.39 is 30.8 Å². The lowest BCUT2D eigenvalue weighted by Crippen LogP contribution is -2.43. The minimum Gasteiger partial charge on any atom is -0.380 e. The Bertz CT molecular complexity index is 923. The van der Waals surface area contributed by atoms with Gasteiger partial charge in [0.25, 0.3) is 5.92 Å². The number of benzene rings is 1. The van der Waals surface area contributed by atoms with Crippen molar-refractivity contribution < 1.29 is 13.6 Å². The van der Waals surface area contributed by atoms with Crippen LogP contribution in [0.1, 0.15) is 12.8 Å². The Hall–Kier alpha value is -2.79. The number of nitrogens with one attached hydrogen (secondary N) is 1. The van der Waals surface area contributed by atoms with E-state index in [4.69, 9.17) is 5.26 Å². The average molecular weight is 385 g/mol. The number of nitriles is 1. The fourth-order valence-corrected chi connectivity index (χ4v) is 4.01. The Morgan fingerprint density at radius 1 is 1.36 bits per heavy atom. The van der Waals surface area contributed by atoms with E-state index in [1.54, 1.807) is 6.20 Å². The lowest BCUT2D eigenvalue weighted by Gasteiger charge is -2.23. The standard InChI is InChI=1S/C20H21F2N5O/c21-20(22)9-15(10-23)27(13-20)19(28)12-26-8-6-14(11-26)25-18-5-7-24-17-4-2-1-3-16(17)18/h1-5,7,14-15H,6,8-9,11-13H2,(H,24,25). The van der Waals surface area contributed by atoms with E-state index in [-0.39, 0.29) is 12.6 Å². The highest BCUT2D eigenvalue weighted by atomic mass is 19.3. The number of alkyl halides is 2. The molecular formula is C20H21F2N5O. The number of fused-ring (bicyclic) bond motifs is 1. The molecule has 1 amide bonds. The van der Waals surface area contributed by atoms with Gasteiger partial charge in [-0.3, -0.25) is 14.7 Å². The van der Waals surface area contributed by atoms with Crippen molar-refractivity contribution in [1.82, 2.24) is 14.8 Å². The molecule has 2 unspecified atom stereocenters. The number of para-hydroxylation sites is 1. The molecule has 146 valence electrons. The van der Waals surface area contributed by atoms with Gasteiger partial charge in [-0.2, -0.15) is 5.26 Å². The maximum absolute atomic E-state index is 13.6. The number of carbonyl (C=O) groups is 1. The summed E-state index contributed by atoms with van der Waals surface area (Å²) in [6.07, 6.45) is 2.03. The van der Waals surface area contributed by atoms with Crippen molar-refractivity contribution in [2.75, 3.05) is 31.5 Å². The van der Waals surface area contributed by atoms with Crippen LogP contribution in [-0.2, 0) is 4.79 Å². The van der Waals surface area contributed by atoms with Crippen molar-refractivity contribution in [3.05, 3.63) is 36.5 Å². The summed E-state index contributed by atoms with van der Waals surface area (Å²) in [6, 6.07) is 10.7. The number of likely N-dealkylation sites (tertiary alicyclic amines) is 2. The summed E-state index contributed by atoms with van der Waals surface area (Å²) >= 11 is 0. The van der Waals surface area contributed by atoms with Gasteiger partial charge in [-0.1, -0.05) is 18.2 Å². The maximum atomic E-state index is 13.6. The van der Waals surface area contributed by atoms with E-state index in [1.165, 1.54) is 0 Å². The van der Waals surface area contributed by atoms with Crippen LogP contribution in [0.3, 0.4) is 0 Å². The molecule has 2 aliphatic heterocycles. The first-order valence-corrected chi connectivity index (χ1v) is 9.35. The lowest BCUT2D eigenvalue weighted by atomic mass is 10.1. The summed E-state index contributed by atoms with van der Waals surface area (Å²) in [4.78, 5) is 19.8. The number of hydrogen-bond donors (Lipinski definition) is 1. The van der Waals surface area contributed by atoms with Crippen LogP contribution in [0.15, 0.2) is 36.5 Å². The number of carbonyl (C=O) groups excluding carboxylic acids is 1. The Morgan fingerprint density at radius 3 is 3.00 bits per heavy atom. The molecule has 0 spiro atoms. The summed E-state index contributed by atoms with van der Waals surface area (Å²) in [6.45, 7) is 0.740. The predicted octanol–water partition coefficient (Wildman–Crippen LogP) is 2.48. The van der Waals surface area contributed by atoms with Gasteiger partial charge in [-0.25, -0.2) is 8.78 Å². The van der Waals surface area contributed by atoms with Gasteiger partial charge in [0.05, 0.1) is 24.7 Å². The van der Waals surface area contributed by atoms with Gasteiger partial charge in [0.2, 0.25) is 5.91 Å². The molecule has 1 aromatic heterocycles. The van der Waals surface area contributed by atoms with Gasteiger partial charge in [0, 0.05) is 42.8 Å². The van der Waals surface area contributed by atoms with E-state index in [0.29, 0.717) is 13.1 Å². The number of anilines is 1. The third-order valence-corrected chi connectivity index (χ3v) is 5.38. The van der Waals surface area contributed by atoms with Crippen LogP contribution in [0.4, 0.5) is 14.5 Å². The zero-order valence-corrected chi connectivity index (χ0v) is 15.3. The van der Waals surface area contributed by atoms with Crippen LogP contribution in [0.5, 0.6) is 0 Å². The van der Waals surface area contributed by atoms with Crippen molar-refractivity contribution in [2.24, 2.45) is 0 Å². The highest BCUT2D eigenvalue weighted by Crippen LogP contribution is 2.32. The molecule has 28 heavy (non-hydrogen) atoms. The maximum Gasteiger partial charge on any atom is 0.268 e. The van der Waals surface area contributed by atoms with Crippen LogP contribution < -0.4 is 5.32 Å². The van der Waals surface area contributed by atoms with Gasteiger partial charge in [-0.05, 0) is 18.6 Å². The molecule has 0 radical (unpaired) electrons. The molecule has 1 aromatic carbocycles. The quantitative estimate of drug-likeness (QED) is 0.876. The number of amides is 1. The third kappa shape index (κ3) is 3.76. The van der Waals surface area contributed by atoms with Crippen LogP contribution >= 0.6 is 0 Å². The molecular weight excluding hydrogens is 364 g/mol. The summed E-state index contributed by atoms with van der Waals surface area (Å²) in [5.41, 5.74) is 1.91. The smallest absolute Gasteiger partial charge is 0.268 e. The molecule has 8 heteroatoms. The summed E-state index contributed by atoms with van der Waals surface area (Å²) in [7, 11) is 0. The number of rotatable bonds is 4. The van der Waals surface area contributed by atoms with E-state index in [2.05, 4.69) is 10.3 Å². The van der Waals surface area contributed by atoms with Crippen LogP contribution in [0.2, 0.25) is 0 Å². The molecule has 3 heterocycles. The van der Waals surface area contributed by atoms with Crippen LogP contribution in [0.25, 0.3) is 10.9 Å². The van der Waals surface area contributed by atoms with E-state index in [9.17, 15) is 13.6 Å². The normalized spacial score (nSPS) is 24.4. The molecule has 4 rings (SSSR count). The highest BCUT2D eigenvalue weighted by molar-refractivity contribution is 5.91. The summed E-state index contributed by atoms with van der Waals surface area (Å²) in [5.74, 6) is -3.38. The van der Waals surface area contributed by atoms with E-state index in [0.717, 1.165) is 27.9 Å². The van der Waals surface area contributed by atoms with Crippen molar-refractivity contribution >= 4 is 22.5 Å².